The van der Waals surface area contributed by atoms with Crippen molar-refractivity contribution in [3.63, 3.8) is 0 Å². The lowest BCUT2D eigenvalue weighted by atomic mass is 10.1. The van der Waals surface area contributed by atoms with Gasteiger partial charge in [-0.3, -0.25) is 14.7 Å². The number of nitro groups is 1. The van der Waals surface area contributed by atoms with Crippen molar-refractivity contribution < 1.29 is 41.9 Å². The molecule has 0 saturated carbocycles. The summed E-state index contributed by atoms with van der Waals surface area (Å²) in [5, 5.41) is 8.84. The van der Waals surface area contributed by atoms with Gasteiger partial charge in [-0.2, -0.15) is 13.2 Å². The molecule has 2 N–H and O–H groups in total. The molecule has 2 aromatic carbocycles. The summed E-state index contributed by atoms with van der Waals surface area (Å²) < 4.78 is 61.6. The number of hydrogen-bond donors (Lipinski definition) is 2. The smallest absolute Gasteiger partial charge is 0.416 e. The molecule has 13 heteroatoms. The number of nitro benzene ring substituents is 1. The highest BCUT2D eigenvalue weighted by molar-refractivity contribution is 7.53. The molecule has 0 fully saturated rings. The molecular formula is C20H18ClF3NO7P. The second-order valence-corrected chi connectivity index (χ2v) is 9.02. The number of rotatable bonds is 10. The number of benzene rings is 2. The largest absolute Gasteiger partial charge is 0.467 e. The van der Waals surface area contributed by atoms with Crippen LogP contribution in [0.5, 0.6) is 17.2 Å². The Labute approximate surface area is 191 Å². The van der Waals surface area contributed by atoms with Crippen LogP contribution in [0.1, 0.15) is 18.4 Å². The maximum Gasteiger partial charge on any atom is 0.416 e. The molecule has 8 nitrogen and oxygen atoms in total. The highest BCUT2D eigenvalue weighted by Crippen LogP contribution is 2.56. The van der Waals surface area contributed by atoms with Crippen LogP contribution in [0, 0.1) is 10.1 Å². The summed E-state index contributed by atoms with van der Waals surface area (Å²) in [6, 6.07) is 5.39. The van der Waals surface area contributed by atoms with Crippen LogP contribution in [0.3, 0.4) is 0 Å². The summed E-state index contributed by atoms with van der Waals surface area (Å²) in [5.41, 5.74) is -1.64. The number of nitrogens with zero attached hydrogens (tertiary/aromatic N) is 1. The first-order chi connectivity index (χ1) is 15.2. The van der Waals surface area contributed by atoms with Gasteiger partial charge in [-0.15, -0.1) is 13.2 Å². The highest BCUT2D eigenvalue weighted by atomic mass is 35.5. The lowest BCUT2D eigenvalue weighted by molar-refractivity contribution is -0.386. The molecule has 0 aliphatic rings. The van der Waals surface area contributed by atoms with Gasteiger partial charge in [0.1, 0.15) is 11.5 Å². The Hall–Kier alpha value is -2.85. The van der Waals surface area contributed by atoms with E-state index >= 15 is 0 Å². The van der Waals surface area contributed by atoms with E-state index in [1.165, 1.54) is 12.2 Å². The van der Waals surface area contributed by atoms with Crippen molar-refractivity contribution in [2.75, 3.05) is 0 Å². The molecule has 0 aliphatic carbocycles. The summed E-state index contributed by atoms with van der Waals surface area (Å²) in [6.45, 7) is 6.87. The third-order valence-corrected chi connectivity index (χ3v) is 6.19. The number of ether oxygens (including phenoxy) is 2. The van der Waals surface area contributed by atoms with Gasteiger partial charge in [0.15, 0.2) is 0 Å². The van der Waals surface area contributed by atoms with E-state index in [1.807, 2.05) is 0 Å². The van der Waals surface area contributed by atoms with E-state index in [2.05, 4.69) is 13.2 Å². The fourth-order valence-corrected chi connectivity index (χ4v) is 3.97. The van der Waals surface area contributed by atoms with E-state index in [-0.39, 0.29) is 29.4 Å². The molecular weight excluding hydrogens is 490 g/mol. The van der Waals surface area contributed by atoms with Crippen LogP contribution in [0.4, 0.5) is 18.9 Å². The van der Waals surface area contributed by atoms with Crippen molar-refractivity contribution in [1.29, 1.82) is 0 Å². The SMILES string of the molecule is C=CCC(CC=C)(Oc1cc(Oc2ccc(C(F)(F)F)cc2Cl)ccc1[N+](=O)[O-])P(=O)(O)O. The minimum absolute atomic E-state index is 0.144. The zero-order valence-corrected chi connectivity index (χ0v) is 18.4. The summed E-state index contributed by atoms with van der Waals surface area (Å²) in [5.74, 6) is -0.885. The quantitative estimate of drug-likeness (QED) is 0.164. The van der Waals surface area contributed by atoms with Gasteiger partial charge in [-0.05, 0) is 24.3 Å². The van der Waals surface area contributed by atoms with Crippen LogP contribution in [-0.4, -0.2) is 20.1 Å². The molecule has 0 bridgehead atoms. The van der Waals surface area contributed by atoms with Crippen molar-refractivity contribution in [3.05, 3.63) is 82.4 Å². The monoisotopic (exact) mass is 507 g/mol. The standard InChI is InChI=1S/C20H18ClF3NO7P/c1-3-9-19(10-4-2,33(28,29)30)32-18-12-14(6-7-16(18)25(26)27)31-17-8-5-13(11-15(17)21)20(22,23)24/h3-8,11-12H,1-2,9-10H2,(H2,28,29,30). The topological polar surface area (TPSA) is 119 Å². The molecule has 2 aromatic rings. The molecule has 0 aliphatic heterocycles. The normalized spacial score (nSPS) is 12.2. The molecule has 0 atom stereocenters. The third-order valence-electron chi connectivity index (χ3n) is 4.37. The molecule has 0 amide bonds. The average molecular weight is 508 g/mol. The molecule has 0 heterocycles. The van der Waals surface area contributed by atoms with Gasteiger partial charge < -0.3 is 19.3 Å². The Morgan fingerprint density at radius 1 is 1.09 bits per heavy atom. The Kier molecular flexibility index (Phi) is 7.97. The van der Waals surface area contributed by atoms with E-state index in [1.54, 1.807) is 0 Å². The summed E-state index contributed by atoms with van der Waals surface area (Å²) >= 11 is 5.87. The average Bonchev–Trinajstić information content (AvgIpc) is 2.68. The van der Waals surface area contributed by atoms with Crippen molar-refractivity contribution >= 4 is 24.9 Å². The van der Waals surface area contributed by atoms with Crippen LogP contribution < -0.4 is 9.47 Å². The second-order valence-electron chi connectivity index (χ2n) is 6.71. The van der Waals surface area contributed by atoms with Crippen LogP contribution in [0.15, 0.2) is 61.7 Å². The van der Waals surface area contributed by atoms with Gasteiger partial charge in [0, 0.05) is 25.0 Å². The maximum absolute atomic E-state index is 12.8. The highest BCUT2D eigenvalue weighted by Gasteiger charge is 2.48. The number of alkyl halides is 3. The molecule has 0 unspecified atom stereocenters. The van der Waals surface area contributed by atoms with Crippen molar-refractivity contribution in [1.82, 2.24) is 0 Å². The summed E-state index contributed by atoms with van der Waals surface area (Å²) in [7, 11) is -5.02. The Morgan fingerprint density at radius 2 is 1.70 bits per heavy atom. The van der Waals surface area contributed by atoms with Gasteiger partial charge in [0.2, 0.25) is 11.1 Å². The molecule has 0 saturated heterocycles. The zero-order chi connectivity index (χ0) is 25.0. The first kappa shape index (κ1) is 26.4. The molecule has 2 rings (SSSR count). The zero-order valence-electron chi connectivity index (χ0n) is 16.8. The first-order valence-corrected chi connectivity index (χ1v) is 11.0. The van der Waals surface area contributed by atoms with E-state index in [0.29, 0.717) is 6.07 Å². The molecule has 0 radical (unpaired) electrons. The fraction of sp³-hybridized carbons (Fsp3) is 0.200. The van der Waals surface area contributed by atoms with E-state index < -0.39 is 41.0 Å². The van der Waals surface area contributed by atoms with E-state index in [0.717, 1.165) is 30.3 Å². The van der Waals surface area contributed by atoms with Gasteiger partial charge in [-0.25, -0.2) is 0 Å². The van der Waals surface area contributed by atoms with Crippen molar-refractivity contribution in [2.24, 2.45) is 0 Å². The molecule has 0 aromatic heterocycles. The lowest BCUT2D eigenvalue weighted by Crippen LogP contribution is -2.35. The van der Waals surface area contributed by atoms with Crippen LogP contribution in [0.2, 0.25) is 5.02 Å². The van der Waals surface area contributed by atoms with Gasteiger partial charge >= 0.3 is 19.5 Å². The minimum Gasteiger partial charge on any atom is -0.467 e. The van der Waals surface area contributed by atoms with Crippen molar-refractivity contribution in [3.8, 4) is 17.2 Å². The molecule has 0 spiro atoms. The van der Waals surface area contributed by atoms with E-state index in [4.69, 9.17) is 21.1 Å². The van der Waals surface area contributed by atoms with Gasteiger partial charge in [0.05, 0.1) is 15.5 Å². The summed E-state index contributed by atoms with van der Waals surface area (Å²) in [4.78, 5) is 30.4. The predicted molar refractivity (Wildman–Crippen MR) is 115 cm³/mol. The number of hydrogen-bond acceptors (Lipinski definition) is 5. The van der Waals surface area contributed by atoms with Crippen LogP contribution in [-0.2, 0) is 10.7 Å². The van der Waals surface area contributed by atoms with Crippen LogP contribution >= 0.6 is 19.2 Å². The Morgan fingerprint density at radius 3 is 2.15 bits per heavy atom. The minimum atomic E-state index is -5.02. The fourth-order valence-electron chi connectivity index (χ4n) is 2.80. The van der Waals surface area contributed by atoms with Crippen molar-refractivity contribution in [2.45, 2.75) is 24.4 Å². The summed E-state index contributed by atoms with van der Waals surface area (Å²) in [6.07, 6.45) is -3.03. The first-order valence-electron chi connectivity index (χ1n) is 9.03. The van der Waals surface area contributed by atoms with Gasteiger partial charge in [0.25, 0.3) is 0 Å². The molecule has 33 heavy (non-hydrogen) atoms. The van der Waals surface area contributed by atoms with Gasteiger partial charge in [-0.1, -0.05) is 23.8 Å². The second kappa shape index (κ2) is 9.96. The van der Waals surface area contributed by atoms with Crippen LogP contribution in [0.25, 0.3) is 0 Å². The maximum atomic E-state index is 12.8. The van der Waals surface area contributed by atoms with E-state index in [9.17, 15) is 37.6 Å². The third kappa shape index (κ3) is 6.14. The lowest BCUT2D eigenvalue weighted by Gasteiger charge is -2.33. The number of halogens is 4. The Bertz CT molecular complexity index is 1110. The predicted octanol–water partition coefficient (Wildman–Crippen LogP) is 6.46. The Balaban J connectivity index is 2.52. The molecule has 178 valence electrons.